The predicted molar refractivity (Wildman–Crippen MR) is 119 cm³/mol. The Balaban J connectivity index is 2.00. The van der Waals surface area contributed by atoms with Crippen LogP contribution in [0.3, 0.4) is 0 Å². The number of hydrogen-bond donors (Lipinski definition) is 2. The van der Waals surface area contributed by atoms with E-state index in [1.807, 2.05) is 56.6 Å². The molecule has 1 amide bonds. The number of aromatic nitrogens is 3. The van der Waals surface area contributed by atoms with Crippen LogP contribution in [0.4, 0.5) is 11.5 Å². The van der Waals surface area contributed by atoms with E-state index in [1.54, 1.807) is 4.57 Å². The molecule has 9 nitrogen and oxygen atoms in total. The lowest BCUT2D eigenvalue weighted by Crippen LogP contribution is -2.48. The van der Waals surface area contributed by atoms with Crippen molar-refractivity contribution < 1.29 is 14.1 Å². The SMILES string of the molecule is COCCN(C(=O)C[n+]1ccc2ccccc2c1)c1c(N)n(CC(C)C)c(=O)[nH]c1=O. The van der Waals surface area contributed by atoms with Crippen molar-refractivity contribution in [3.63, 3.8) is 0 Å². The minimum atomic E-state index is -0.699. The summed E-state index contributed by atoms with van der Waals surface area (Å²) in [6.45, 7) is 4.51. The van der Waals surface area contributed by atoms with E-state index in [9.17, 15) is 14.4 Å². The molecule has 0 fully saturated rings. The van der Waals surface area contributed by atoms with E-state index < -0.39 is 11.2 Å². The second-order valence-electron chi connectivity index (χ2n) is 7.78. The van der Waals surface area contributed by atoms with Gasteiger partial charge in [-0.2, -0.15) is 4.57 Å². The average Bonchev–Trinajstić information content (AvgIpc) is 2.73. The first-order valence-corrected chi connectivity index (χ1v) is 10.1. The van der Waals surface area contributed by atoms with Crippen molar-refractivity contribution in [2.75, 3.05) is 30.9 Å². The van der Waals surface area contributed by atoms with E-state index in [0.717, 1.165) is 10.8 Å². The van der Waals surface area contributed by atoms with Crippen LogP contribution in [-0.4, -0.2) is 35.7 Å². The summed E-state index contributed by atoms with van der Waals surface area (Å²) in [5.74, 6) is -0.255. The topological polar surface area (TPSA) is 114 Å². The Bertz CT molecular complexity index is 1200. The fraction of sp³-hybridized carbons (Fsp3) is 0.364. The number of nitrogen functional groups attached to an aromatic ring is 1. The number of nitrogens with one attached hydrogen (secondary N) is 1. The van der Waals surface area contributed by atoms with Gasteiger partial charge in [0.15, 0.2) is 18.1 Å². The van der Waals surface area contributed by atoms with Gasteiger partial charge in [-0.05, 0) is 17.4 Å². The number of methoxy groups -OCH3 is 1. The number of aromatic amines is 1. The Morgan fingerprint density at radius 1 is 1.23 bits per heavy atom. The number of benzene rings is 1. The summed E-state index contributed by atoms with van der Waals surface area (Å²) in [5, 5.41) is 2.05. The first-order valence-electron chi connectivity index (χ1n) is 10.1. The van der Waals surface area contributed by atoms with Gasteiger partial charge >= 0.3 is 5.69 Å². The average molecular weight is 426 g/mol. The second-order valence-corrected chi connectivity index (χ2v) is 7.78. The van der Waals surface area contributed by atoms with Crippen molar-refractivity contribution in [1.82, 2.24) is 9.55 Å². The highest BCUT2D eigenvalue weighted by molar-refractivity contribution is 5.94. The number of nitrogens with two attached hydrogens (primary N) is 1. The maximum Gasteiger partial charge on any atom is 0.330 e. The number of anilines is 2. The van der Waals surface area contributed by atoms with Crippen LogP contribution in [0, 0.1) is 5.92 Å². The first kappa shape index (κ1) is 22.2. The normalized spacial score (nSPS) is 11.2. The van der Waals surface area contributed by atoms with E-state index in [1.165, 1.54) is 16.6 Å². The number of fused-ring (bicyclic) bond motifs is 1. The maximum absolute atomic E-state index is 13.2. The van der Waals surface area contributed by atoms with Gasteiger partial charge < -0.3 is 10.5 Å². The molecule has 0 aliphatic carbocycles. The number of rotatable bonds is 8. The molecule has 0 aliphatic heterocycles. The highest BCUT2D eigenvalue weighted by Crippen LogP contribution is 2.18. The second kappa shape index (κ2) is 9.57. The highest BCUT2D eigenvalue weighted by atomic mass is 16.5. The molecule has 9 heteroatoms. The fourth-order valence-corrected chi connectivity index (χ4v) is 3.45. The summed E-state index contributed by atoms with van der Waals surface area (Å²) < 4.78 is 8.17. The highest BCUT2D eigenvalue weighted by Gasteiger charge is 2.26. The standard InChI is InChI=1S/C22H27N5O4/c1-15(2)12-27-20(23)19(21(29)24-22(27)30)26(10-11-31-3)18(28)14-25-9-8-16-6-4-5-7-17(16)13-25/h4-9,13,15H,10-12,14H2,1-3H3,(H2-,23,24,29,30)/p+1. The third-order valence-electron chi connectivity index (χ3n) is 4.92. The number of H-pyrrole nitrogens is 1. The van der Waals surface area contributed by atoms with Gasteiger partial charge in [0.2, 0.25) is 6.54 Å². The van der Waals surface area contributed by atoms with Gasteiger partial charge in [0.05, 0.1) is 6.61 Å². The molecule has 1 aromatic carbocycles. The van der Waals surface area contributed by atoms with Crippen LogP contribution in [0.5, 0.6) is 0 Å². The molecular weight excluding hydrogens is 398 g/mol. The van der Waals surface area contributed by atoms with Gasteiger partial charge in [0, 0.05) is 31.7 Å². The lowest BCUT2D eigenvalue weighted by Gasteiger charge is -2.23. The van der Waals surface area contributed by atoms with E-state index in [0.29, 0.717) is 6.54 Å². The summed E-state index contributed by atoms with van der Waals surface area (Å²) in [6.07, 6.45) is 3.68. The predicted octanol–water partition coefficient (Wildman–Crippen LogP) is 0.895. The van der Waals surface area contributed by atoms with Crippen molar-refractivity contribution in [2.45, 2.75) is 26.9 Å². The molecule has 164 valence electrons. The monoisotopic (exact) mass is 426 g/mol. The van der Waals surface area contributed by atoms with Crippen LogP contribution in [-0.2, 0) is 22.6 Å². The summed E-state index contributed by atoms with van der Waals surface area (Å²) in [6, 6.07) is 9.75. The first-order chi connectivity index (χ1) is 14.8. The molecular formula is C22H28N5O4+. The molecule has 0 aliphatic rings. The van der Waals surface area contributed by atoms with Gasteiger partial charge in [-0.25, -0.2) is 4.79 Å². The van der Waals surface area contributed by atoms with E-state index in [-0.39, 0.29) is 43.0 Å². The van der Waals surface area contributed by atoms with Gasteiger partial charge in [-0.3, -0.25) is 24.0 Å². The van der Waals surface area contributed by atoms with Gasteiger partial charge in [-0.1, -0.05) is 32.0 Å². The molecule has 0 bridgehead atoms. The van der Waals surface area contributed by atoms with Crippen LogP contribution in [0.15, 0.2) is 52.3 Å². The van der Waals surface area contributed by atoms with Crippen LogP contribution in [0.2, 0.25) is 0 Å². The Labute approximate surface area is 179 Å². The largest absolute Gasteiger partial charge is 0.383 e. The van der Waals surface area contributed by atoms with E-state index in [4.69, 9.17) is 10.5 Å². The minimum absolute atomic E-state index is 0.00324. The van der Waals surface area contributed by atoms with Gasteiger partial charge in [-0.15, -0.1) is 0 Å². The molecule has 0 radical (unpaired) electrons. The molecule has 31 heavy (non-hydrogen) atoms. The Morgan fingerprint density at radius 2 is 1.94 bits per heavy atom. The summed E-state index contributed by atoms with van der Waals surface area (Å²) in [5.41, 5.74) is 4.88. The summed E-state index contributed by atoms with van der Waals surface area (Å²) in [7, 11) is 1.51. The maximum atomic E-state index is 13.2. The molecule has 3 N–H and O–H groups in total. The minimum Gasteiger partial charge on any atom is -0.383 e. The lowest BCUT2D eigenvalue weighted by atomic mass is 10.2. The third-order valence-corrected chi connectivity index (χ3v) is 4.92. The summed E-state index contributed by atoms with van der Waals surface area (Å²) in [4.78, 5) is 41.7. The van der Waals surface area contributed by atoms with Crippen molar-refractivity contribution in [3.05, 3.63) is 63.6 Å². The fourth-order valence-electron chi connectivity index (χ4n) is 3.45. The zero-order chi connectivity index (χ0) is 22.5. The molecule has 3 aromatic rings. The smallest absolute Gasteiger partial charge is 0.330 e. The molecule has 2 aromatic heterocycles. The number of hydrogen-bond acceptors (Lipinski definition) is 5. The Morgan fingerprint density at radius 3 is 2.61 bits per heavy atom. The Hall–Kier alpha value is -3.46. The van der Waals surface area contributed by atoms with Crippen LogP contribution in [0.1, 0.15) is 13.8 Å². The van der Waals surface area contributed by atoms with Crippen molar-refractivity contribution in [2.24, 2.45) is 5.92 Å². The number of pyridine rings is 1. The molecule has 2 heterocycles. The summed E-state index contributed by atoms with van der Waals surface area (Å²) >= 11 is 0. The number of carbonyl (C=O) groups excluding carboxylic acids is 1. The molecule has 0 saturated heterocycles. The van der Waals surface area contributed by atoms with Crippen molar-refractivity contribution in [3.8, 4) is 0 Å². The molecule has 0 spiro atoms. The number of ether oxygens (including phenoxy) is 1. The lowest BCUT2D eigenvalue weighted by molar-refractivity contribution is -0.682. The van der Waals surface area contributed by atoms with E-state index >= 15 is 0 Å². The number of amides is 1. The molecule has 0 unspecified atom stereocenters. The zero-order valence-corrected chi connectivity index (χ0v) is 18.0. The Kier molecular flexibility index (Phi) is 6.86. The molecule has 3 rings (SSSR count). The van der Waals surface area contributed by atoms with Crippen LogP contribution < -0.4 is 26.4 Å². The van der Waals surface area contributed by atoms with Crippen LogP contribution in [0.25, 0.3) is 10.8 Å². The van der Waals surface area contributed by atoms with Gasteiger partial charge in [0.25, 0.3) is 11.5 Å². The van der Waals surface area contributed by atoms with E-state index in [2.05, 4.69) is 4.98 Å². The molecule has 0 atom stereocenters. The van der Waals surface area contributed by atoms with Gasteiger partial charge in [0.1, 0.15) is 5.82 Å². The molecule has 0 saturated carbocycles. The number of carbonyl (C=O) groups is 1. The van der Waals surface area contributed by atoms with Crippen molar-refractivity contribution in [1.29, 1.82) is 0 Å². The van der Waals surface area contributed by atoms with Crippen molar-refractivity contribution >= 4 is 28.2 Å². The third kappa shape index (κ3) is 5.00. The zero-order valence-electron chi connectivity index (χ0n) is 18.0. The van der Waals surface area contributed by atoms with Crippen LogP contribution >= 0.6 is 0 Å². The number of nitrogens with zero attached hydrogens (tertiary/aromatic N) is 3. The quantitative estimate of drug-likeness (QED) is 0.520.